The van der Waals surface area contributed by atoms with E-state index in [1.165, 1.54) is 11.8 Å². The van der Waals surface area contributed by atoms with Gasteiger partial charge in [-0.05, 0) is 57.7 Å². The van der Waals surface area contributed by atoms with Crippen molar-refractivity contribution in [2.24, 2.45) is 11.8 Å². The van der Waals surface area contributed by atoms with Crippen LogP contribution in [0.1, 0.15) is 29.2 Å². The Hall–Kier alpha value is -5.88. The van der Waals surface area contributed by atoms with E-state index in [-0.39, 0.29) is 5.78 Å². The van der Waals surface area contributed by atoms with Gasteiger partial charge in [-0.15, -0.1) is 0 Å². The van der Waals surface area contributed by atoms with Gasteiger partial charge in [-0.1, -0.05) is 121 Å². The van der Waals surface area contributed by atoms with E-state index < -0.39 is 40.4 Å². The van der Waals surface area contributed by atoms with Crippen molar-refractivity contribution in [3.63, 3.8) is 0 Å². The van der Waals surface area contributed by atoms with E-state index in [2.05, 4.69) is 0 Å². The molecule has 0 N–H and O–H groups in total. The van der Waals surface area contributed by atoms with Crippen molar-refractivity contribution in [1.82, 2.24) is 0 Å². The molecule has 0 spiro atoms. The Morgan fingerprint density at radius 3 is 1.32 bits per heavy atom. The Morgan fingerprint density at radius 2 is 0.936 bits per heavy atom. The van der Waals surface area contributed by atoms with Crippen LogP contribution in [0.2, 0.25) is 0 Å². The minimum Gasteiger partial charge on any atom is -0.427 e. The molecule has 6 nitrogen and oxygen atoms in total. The van der Waals surface area contributed by atoms with Gasteiger partial charge in [-0.3, -0.25) is 19.2 Å². The minimum atomic E-state index is -1.46. The first-order chi connectivity index (χ1) is 22.9. The first-order valence-electron chi connectivity index (χ1n) is 15.6. The molecule has 8 rings (SSSR count). The molecule has 6 heteroatoms. The van der Waals surface area contributed by atoms with E-state index >= 15 is 14.4 Å². The Balaban J connectivity index is 1.48. The maximum absolute atomic E-state index is 15.9. The van der Waals surface area contributed by atoms with Crippen LogP contribution in [0.5, 0.6) is 5.75 Å². The fourth-order valence-corrected chi connectivity index (χ4v) is 8.42. The van der Waals surface area contributed by atoms with E-state index in [4.69, 9.17) is 4.74 Å². The average molecular weight is 616 g/mol. The van der Waals surface area contributed by atoms with E-state index in [9.17, 15) is 4.79 Å². The lowest BCUT2D eigenvalue weighted by molar-refractivity contribution is -0.132. The van der Waals surface area contributed by atoms with Gasteiger partial charge in [0.25, 0.3) is 0 Å². The van der Waals surface area contributed by atoms with E-state index in [0.717, 1.165) is 22.3 Å². The van der Waals surface area contributed by atoms with Crippen molar-refractivity contribution in [3.05, 3.63) is 168 Å². The topological polar surface area (TPSA) is 80.8 Å². The lowest BCUT2D eigenvalue weighted by Gasteiger charge is -2.39. The highest BCUT2D eigenvalue weighted by Crippen LogP contribution is 2.74. The van der Waals surface area contributed by atoms with Gasteiger partial charge in [0.2, 0.25) is 11.8 Å². The molecule has 1 aliphatic heterocycles. The first kappa shape index (κ1) is 28.6. The Kier molecular flexibility index (Phi) is 6.44. The summed E-state index contributed by atoms with van der Waals surface area (Å²) in [7, 11) is 0. The summed E-state index contributed by atoms with van der Waals surface area (Å²) >= 11 is 0. The lowest BCUT2D eigenvalue weighted by atomic mass is 9.59. The highest BCUT2D eigenvalue weighted by molar-refractivity contribution is 6.39. The molecule has 2 amide bonds. The number of nitrogens with zero attached hydrogens (tertiary/aromatic N) is 1. The molecule has 1 saturated heterocycles. The standard InChI is InChI=1S/C41H29NO5/c1-26(43)47-32-24-22-31(23-25-32)42-37(44)35-36(38(42)45)41(30-20-12-5-13-21-30)34(28-16-8-3-9-17-28)33(27-14-6-2-7-15-27)40(35,39(41)46)29-18-10-4-11-19-29/h2-25,35-36H,1H3. The van der Waals surface area contributed by atoms with Crippen molar-refractivity contribution in [2.45, 2.75) is 17.8 Å². The number of hydrogen-bond donors (Lipinski definition) is 0. The molecule has 5 aromatic rings. The fourth-order valence-electron chi connectivity index (χ4n) is 8.42. The molecular weight excluding hydrogens is 586 g/mol. The molecule has 2 fully saturated rings. The summed E-state index contributed by atoms with van der Waals surface area (Å²) in [6.07, 6.45) is 0. The molecular formula is C41H29NO5. The predicted molar refractivity (Wildman–Crippen MR) is 178 cm³/mol. The number of hydrogen-bond acceptors (Lipinski definition) is 5. The van der Waals surface area contributed by atoms with Crippen LogP contribution in [-0.4, -0.2) is 23.6 Å². The van der Waals surface area contributed by atoms with Gasteiger partial charge >= 0.3 is 5.97 Å². The largest absolute Gasteiger partial charge is 0.427 e. The average Bonchev–Trinajstić information content (AvgIpc) is 3.62. The number of carbonyl (C=O) groups is 4. The van der Waals surface area contributed by atoms with Crippen molar-refractivity contribution < 1.29 is 23.9 Å². The molecule has 4 atom stereocenters. The van der Waals surface area contributed by atoms with Gasteiger partial charge in [-0.25, -0.2) is 4.90 Å². The summed E-state index contributed by atoms with van der Waals surface area (Å²) in [6, 6.07) is 44.8. The van der Waals surface area contributed by atoms with Crippen LogP contribution >= 0.6 is 0 Å². The third kappa shape index (κ3) is 3.78. The van der Waals surface area contributed by atoms with E-state index in [1.807, 2.05) is 121 Å². The summed E-state index contributed by atoms with van der Waals surface area (Å²) in [6.45, 7) is 1.31. The van der Waals surface area contributed by atoms with Gasteiger partial charge in [0, 0.05) is 6.92 Å². The number of fused-ring (bicyclic) bond motifs is 5. The minimum absolute atomic E-state index is 0.165. The summed E-state index contributed by atoms with van der Waals surface area (Å²) < 4.78 is 5.21. The van der Waals surface area contributed by atoms with Gasteiger partial charge in [0.15, 0.2) is 5.78 Å². The number of esters is 1. The number of allylic oxidation sites excluding steroid dienone is 2. The number of Topliss-reactive ketones (excluding diaryl/α,β-unsaturated/α-hetero) is 1. The van der Waals surface area contributed by atoms with Crippen molar-refractivity contribution in [2.75, 3.05) is 4.90 Å². The zero-order valence-electron chi connectivity index (χ0n) is 25.5. The van der Waals surface area contributed by atoms with Crippen molar-refractivity contribution >= 4 is 40.4 Å². The van der Waals surface area contributed by atoms with Gasteiger partial charge in [-0.2, -0.15) is 0 Å². The molecule has 2 bridgehead atoms. The molecule has 47 heavy (non-hydrogen) atoms. The molecule has 0 aromatic heterocycles. The van der Waals surface area contributed by atoms with Crippen LogP contribution < -0.4 is 9.64 Å². The number of benzene rings is 5. The van der Waals surface area contributed by atoms with Crippen LogP contribution in [0.25, 0.3) is 11.1 Å². The quantitative estimate of drug-likeness (QED) is 0.119. The predicted octanol–water partition coefficient (Wildman–Crippen LogP) is 6.80. The van der Waals surface area contributed by atoms with Crippen molar-refractivity contribution in [1.29, 1.82) is 0 Å². The van der Waals surface area contributed by atoms with Crippen LogP contribution in [0.4, 0.5) is 5.69 Å². The number of carbonyl (C=O) groups excluding carboxylic acids is 4. The van der Waals surface area contributed by atoms with Crippen molar-refractivity contribution in [3.8, 4) is 5.75 Å². The molecule has 3 aliphatic rings. The number of rotatable bonds is 6. The molecule has 1 saturated carbocycles. The number of anilines is 1. The number of imide groups is 1. The van der Waals surface area contributed by atoms with Gasteiger partial charge in [0.1, 0.15) is 5.75 Å². The normalized spacial score (nSPS) is 24.5. The number of amides is 2. The zero-order chi connectivity index (χ0) is 32.3. The Labute approximate surface area is 271 Å². The summed E-state index contributed by atoms with van der Waals surface area (Å²) in [5.74, 6) is -3.23. The van der Waals surface area contributed by atoms with Gasteiger partial charge in [0.05, 0.1) is 28.4 Å². The number of ether oxygens (including phenoxy) is 1. The third-order valence-corrected chi connectivity index (χ3v) is 9.93. The maximum atomic E-state index is 15.9. The monoisotopic (exact) mass is 615 g/mol. The second kappa shape index (κ2) is 10.6. The smallest absolute Gasteiger partial charge is 0.308 e. The van der Waals surface area contributed by atoms with Crippen LogP contribution in [-0.2, 0) is 30.0 Å². The summed E-state index contributed by atoms with van der Waals surface area (Å²) in [4.78, 5) is 58.7. The lowest BCUT2D eigenvalue weighted by Crippen LogP contribution is -2.45. The van der Waals surface area contributed by atoms with E-state index in [0.29, 0.717) is 22.6 Å². The molecule has 4 unspecified atom stereocenters. The number of ketones is 1. The zero-order valence-corrected chi connectivity index (χ0v) is 25.5. The highest BCUT2D eigenvalue weighted by Gasteiger charge is 2.82. The first-order valence-corrected chi connectivity index (χ1v) is 15.6. The molecule has 2 aliphatic carbocycles. The maximum Gasteiger partial charge on any atom is 0.308 e. The van der Waals surface area contributed by atoms with Gasteiger partial charge < -0.3 is 4.74 Å². The van der Waals surface area contributed by atoms with Crippen LogP contribution in [0.15, 0.2) is 146 Å². The molecule has 0 radical (unpaired) electrons. The highest BCUT2D eigenvalue weighted by atomic mass is 16.5. The second-order valence-electron chi connectivity index (χ2n) is 12.2. The summed E-state index contributed by atoms with van der Waals surface area (Å²) in [5.41, 5.74) is 1.92. The second-order valence-corrected chi connectivity index (χ2v) is 12.2. The molecule has 5 aromatic carbocycles. The molecule has 1 heterocycles. The third-order valence-electron chi connectivity index (χ3n) is 9.93. The Bertz CT molecular complexity index is 1970. The summed E-state index contributed by atoms with van der Waals surface area (Å²) in [5, 5.41) is 0. The Morgan fingerprint density at radius 1 is 0.553 bits per heavy atom. The van der Waals surface area contributed by atoms with E-state index in [1.54, 1.807) is 24.3 Å². The van der Waals surface area contributed by atoms with Crippen LogP contribution in [0, 0.1) is 11.8 Å². The molecule has 228 valence electrons. The fraction of sp³-hybridized carbons (Fsp3) is 0.122. The van der Waals surface area contributed by atoms with Crippen LogP contribution in [0.3, 0.4) is 0 Å². The SMILES string of the molecule is CC(=O)Oc1ccc(N2C(=O)C3C(C2=O)C2(c4ccccc4)C(=O)C3(c3ccccc3)C(c3ccccc3)=C2c2ccccc2)cc1.